The van der Waals surface area contributed by atoms with Gasteiger partial charge in [0.1, 0.15) is 12.4 Å². The highest BCUT2D eigenvalue weighted by Crippen LogP contribution is 2.24. The lowest BCUT2D eigenvalue weighted by molar-refractivity contribution is -0.142. The van der Waals surface area contributed by atoms with Gasteiger partial charge in [-0.15, -0.1) is 5.10 Å². The molecule has 1 amide bonds. The number of hydrogen-bond donors (Lipinski definition) is 1. The molecule has 0 saturated heterocycles. The van der Waals surface area contributed by atoms with Gasteiger partial charge in [-0.25, -0.2) is 9.48 Å². The smallest absolute Gasteiger partial charge is 0.328 e. The molecule has 0 radical (unpaired) electrons. The molecule has 0 aliphatic carbocycles. The van der Waals surface area contributed by atoms with E-state index in [4.69, 9.17) is 0 Å². The van der Waals surface area contributed by atoms with E-state index in [0.717, 1.165) is 16.7 Å². The van der Waals surface area contributed by atoms with E-state index in [9.17, 15) is 9.59 Å². The third kappa shape index (κ3) is 4.17. The van der Waals surface area contributed by atoms with E-state index in [1.807, 2.05) is 37.3 Å². The molecule has 0 aliphatic heterocycles. The zero-order valence-electron chi connectivity index (χ0n) is 15.2. The molecule has 8 nitrogen and oxygen atoms in total. The number of carbonyl (C=O) groups is 2. The second-order valence-corrected chi connectivity index (χ2v) is 6.11. The Morgan fingerprint density at radius 3 is 2.48 bits per heavy atom. The SMILES string of the molecule is COC(=O)C(C)NC(=O)c1cc(-c2ccc(C)cc2)cc(-n2cnnn2)c1. The summed E-state index contributed by atoms with van der Waals surface area (Å²) in [6.45, 7) is 3.57. The van der Waals surface area contributed by atoms with Crippen molar-refractivity contribution in [1.29, 1.82) is 0 Å². The Labute approximate surface area is 156 Å². The average molecular weight is 365 g/mol. The number of esters is 1. The molecule has 1 aromatic heterocycles. The number of nitrogens with zero attached hydrogens (tertiary/aromatic N) is 4. The van der Waals surface area contributed by atoms with Gasteiger partial charge >= 0.3 is 5.97 Å². The summed E-state index contributed by atoms with van der Waals surface area (Å²) in [6, 6.07) is 12.5. The summed E-state index contributed by atoms with van der Waals surface area (Å²) < 4.78 is 6.12. The van der Waals surface area contributed by atoms with Crippen LogP contribution in [0.4, 0.5) is 0 Å². The quantitative estimate of drug-likeness (QED) is 0.694. The lowest BCUT2D eigenvalue weighted by Crippen LogP contribution is -2.39. The van der Waals surface area contributed by atoms with E-state index in [1.54, 1.807) is 19.1 Å². The van der Waals surface area contributed by atoms with E-state index >= 15 is 0 Å². The number of methoxy groups -OCH3 is 1. The minimum atomic E-state index is -0.762. The maximum absolute atomic E-state index is 12.7. The highest BCUT2D eigenvalue weighted by molar-refractivity contribution is 5.98. The van der Waals surface area contributed by atoms with Gasteiger partial charge in [-0.1, -0.05) is 29.8 Å². The van der Waals surface area contributed by atoms with Crippen LogP contribution in [-0.4, -0.2) is 45.2 Å². The zero-order chi connectivity index (χ0) is 19.4. The molecular formula is C19H19N5O3. The number of amides is 1. The fourth-order valence-electron chi connectivity index (χ4n) is 2.58. The van der Waals surface area contributed by atoms with Crippen LogP contribution in [0.25, 0.3) is 16.8 Å². The Morgan fingerprint density at radius 2 is 1.85 bits per heavy atom. The van der Waals surface area contributed by atoms with Crippen LogP contribution in [0.5, 0.6) is 0 Å². The number of hydrogen-bond acceptors (Lipinski definition) is 6. The lowest BCUT2D eigenvalue weighted by atomic mass is 10.0. The van der Waals surface area contributed by atoms with Crippen LogP contribution >= 0.6 is 0 Å². The molecule has 1 N–H and O–H groups in total. The van der Waals surface area contributed by atoms with Gasteiger partial charge in [-0.05, 0) is 53.6 Å². The first-order chi connectivity index (χ1) is 13.0. The van der Waals surface area contributed by atoms with Crippen molar-refractivity contribution in [1.82, 2.24) is 25.5 Å². The van der Waals surface area contributed by atoms with Gasteiger partial charge < -0.3 is 10.1 Å². The van der Waals surface area contributed by atoms with Crippen molar-refractivity contribution in [3.63, 3.8) is 0 Å². The molecule has 0 fully saturated rings. The molecule has 1 unspecified atom stereocenters. The van der Waals surface area contributed by atoms with E-state index in [-0.39, 0.29) is 0 Å². The van der Waals surface area contributed by atoms with Crippen LogP contribution in [0.2, 0.25) is 0 Å². The number of aryl methyl sites for hydroxylation is 1. The number of aromatic nitrogens is 4. The number of ether oxygens (including phenoxy) is 1. The third-order valence-electron chi connectivity index (χ3n) is 4.08. The summed E-state index contributed by atoms with van der Waals surface area (Å²) in [6.07, 6.45) is 1.45. The van der Waals surface area contributed by atoms with Gasteiger partial charge in [0.2, 0.25) is 0 Å². The van der Waals surface area contributed by atoms with Crippen molar-refractivity contribution in [2.45, 2.75) is 19.9 Å². The first-order valence-corrected chi connectivity index (χ1v) is 8.32. The number of carbonyl (C=O) groups excluding carboxylic acids is 2. The van der Waals surface area contributed by atoms with Crippen molar-refractivity contribution in [3.05, 3.63) is 59.9 Å². The Balaban J connectivity index is 2.01. The summed E-state index contributed by atoms with van der Waals surface area (Å²) in [5.41, 5.74) is 3.94. The first kappa shape index (κ1) is 18.2. The second kappa shape index (κ2) is 7.77. The van der Waals surface area contributed by atoms with Crippen molar-refractivity contribution in [2.75, 3.05) is 7.11 Å². The van der Waals surface area contributed by atoms with Gasteiger partial charge in [0.05, 0.1) is 12.8 Å². The predicted octanol–water partition coefficient (Wildman–Crippen LogP) is 1.93. The molecule has 0 aliphatic rings. The fraction of sp³-hybridized carbons (Fsp3) is 0.211. The van der Waals surface area contributed by atoms with Gasteiger partial charge in [0.15, 0.2) is 0 Å². The highest BCUT2D eigenvalue weighted by atomic mass is 16.5. The average Bonchev–Trinajstić information content (AvgIpc) is 3.22. The molecule has 8 heteroatoms. The fourth-order valence-corrected chi connectivity index (χ4v) is 2.58. The van der Waals surface area contributed by atoms with Crippen molar-refractivity contribution in [2.24, 2.45) is 0 Å². The predicted molar refractivity (Wildman–Crippen MR) is 98.3 cm³/mol. The minimum Gasteiger partial charge on any atom is -0.467 e. The zero-order valence-corrected chi connectivity index (χ0v) is 15.2. The number of rotatable bonds is 5. The molecular weight excluding hydrogens is 346 g/mol. The van der Waals surface area contributed by atoms with E-state index in [2.05, 4.69) is 25.6 Å². The van der Waals surface area contributed by atoms with Crippen LogP contribution in [0.3, 0.4) is 0 Å². The van der Waals surface area contributed by atoms with E-state index in [1.165, 1.54) is 18.1 Å². The highest BCUT2D eigenvalue weighted by Gasteiger charge is 2.18. The summed E-state index contributed by atoms with van der Waals surface area (Å²) in [4.78, 5) is 24.2. The van der Waals surface area contributed by atoms with Gasteiger partial charge in [0.25, 0.3) is 5.91 Å². The monoisotopic (exact) mass is 365 g/mol. The molecule has 1 heterocycles. The number of tetrazole rings is 1. The van der Waals surface area contributed by atoms with Crippen LogP contribution < -0.4 is 5.32 Å². The summed E-state index contributed by atoms with van der Waals surface area (Å²) in [5, 5.41) is 13.8. The molecule has 1 atom stereocenters. The Bertz CT molecular complexity index is 952. The van der Waals surface area contributed by atoms with Crippen molar-refractivity contribution < 1.29 is 14.3 Å². The van der Waals surface area contributed by atoms with Crippen LogP contribution in [0.1, 0.15) is 22.8 Å². The summed E-state index contributed by atoms with van der Waals surface area (Å²) in [5.74, 6) is -0.907. The van der Waals surface area contributed by atoms with Crippen LogP contribution in [0.15, 0.2) is 48.8 Å². The van der Waals surface area contributed by atoms with Gasteiger partial charge in [-0.3, -0.25) is 4.79 Å². The van der Waals surface area contributed by atoms with Gasteiger partial charge in [-0.2, -0.15) is 0 Å². The summed E-state index contributed by atoms with van der Waals surface area (Å²) in [7, 11) is 1.28. The maximum Gasteiger partial charge on any atom is 0.328 e. The van der Waals surface area contributed by atoms with Crippen LogP contribution in [-0.2, 0) is 9.53 Å². The topological polar surface area (TPSA) is 99.0 Å². The molecule has 0 bridgehead atoms. The number of nitrogens with one attached hydrogen (secondary N) is 1. The Morgan fingerprint density at radius 1 is 1.11 bits per heavy atom. The minimum absolute atomic E-state index is 0.384. The Hall–Kier alpha value is -3.55. The normalized spacial score (nSPS) is 11.7. The molecule has 27 heavy (non-hydrogen) atoms. The second-order valence-electron chi connectivity index (χ2n) is 6.11. The molecule has 0 spiro atoms. The maximum atomic E-state index is 12.7. The molecule has 3 rings (SSSR count). The lowest BCUT2D eigenvalue weighted by Gasteiger charge is -2.13. The summed E-state index contributed by atoms with van der Waals surface area (Å²) >= 11 is 0. The standard InChI is InChI=1S/C19H19N5O3/c1-12-4-6-14(7-5-12)15-8-16(18(25)21-13(2)19(26)27-3)10-17(9-15)24-11-20-22-23-24/h4-11,13H,1-3H3,(H,21,25). The number of benzene rings is 2. The van der Waals surface area contributed by atoms with E-state index in [0.29, 0.717) is 11.3 Å². The third-order valence-corrected chi connectivity index (χ3v) is 4.08. The first-order valence-electron chi connectivity index (χ1n) is 8.32. The van der Waals surface area contributed by atoms with Gasteiger partial charge in [0, 0.05) is 5.56 Å². The van der Waals surface area contributed by atoms with Crippen molar-refractivity contribution in [3.8, 4) is 16.8 Å². The molecule has 3 aromatic rings. The van der Waals surface area contributed by atoms with Crippen LogP contribution in [0, 0.1) is 6.92 Å². The molecule has 2 aromatic carbocycles. The largest absolute Gasteiger partial charge is 0.467 e. The molecule has 0 saturated carbocycles. The Kier molecular flexibility index (Phi) is 5.25. The van der Waals surface area contributed by atoms with Crippen molar-refractivity contribution >= 4 is 11.9 Å². The molecule has 138 valence electrons. The van der Waals surface area contributed by atoms with E-state index < -0.39 is 17.9 Å².